The monoisotopic (exact) mass is 564 g/mol. The average molecular weight is 567 g/mol. The lowest BCUT2D eigenvalue weighted by atomic mass is 10.1. The van der Waals surface area contributed by atoms with Gasteiger partial charge in [-0.15, -0.1) is 0 Å². The molecular weight excluding hydrogens is 552 g/mol. The minimum Gasteiger partial charge on any atom is -0.457 e. The van der Waals surface area contributed by atoms with Gasteiger partial charge in [-0.3, -0.25) is 4.79 Å². The summed E-state index contributed by atoms with van der Waals surface area (Å²) in [5, 5.41) is 3.95. The summed E-state index contributed by atoms with van der Waals surface area (Å²) in [6.07, 6.45) is 1.71. The van der Waals surface area contributed by atoms with E-state index < -0.39 is 0 Å². The first-order chi connectivity index (χ1) is 14.3. The Labute approximate surface area is 200 Å². The van der Waals surface area contributed by atoms with E-state index in [2.05, 4.69) is 42.2 Å². The molecule has 2 aromatic carbocycles. The second-order valence-corrected chi connectivity index (χ2v) is 9.79. The molecule has 1 aliphatic rings. The third kappa shape index (κ3) is 4.59. The van der Waals surface area contributed by atoms with Crippen molar-refractivity contribution in [2.45, 2.75) is 13.8 Å². The Morgan fingerprint density at radius 2 is 1.83 bits per heavy atom. The van der Waals surface area contributed by atoms with Crippen molar-refractivity contribution in [3.8, 4) is 11.3 Å². The number of hydrogen-bond acceptors (Lipinski definition) is 4. The van der Waals surface area contributed by atoms with Crippen molar-refractivity contribution in [2.24, 2.45) is 4.99 Å². The summed E-state index contributed by atoms with van der Waals surface area (Å²) >= 11 is 14.4. The van der Waals surface area contributed by atoms with Gasteiger partial charge in [0.25, 0.3) is 5.91 Å². The number of aliphatic imine (C=N–C) groups is 1. The summed E-state index contributed by atoms with van der Waals surface area (Å²) in [5.74, 6) is 1.06. The third-order valence-electron chi connectivity index (χ3n) is 4.41. The molecule has 1 amide bonds. The van der Waals surface area contributed by atoms with Gasteiger partial charge in [0.1, 0.15) is 11.5 Å². The van der Waals surface area contributed by atoms with E-state index >= 15 is 0 Å². The van der Waals surface area contributed by atoms with Crippen molar-refractivity contribution < 1.29 is 9.21 Å². The maximum absolute atomic E-state index is 12.4. The molecule has 4 nitrogen and oxygen atoms in total. The van der Waals surface area contributed by atoms with Gasteiger partial charge in [-0.05, 0) is 89.1 Å². The Kier molecular flexibility index (Phi) is 6.25. The van der Waals surface area contributed by atoms with Crippen molar-refractivity contribution in [3.05, 3.63) is 78.2 Å². The first-order valence-corrected chi connectivity index (χ1v) is 11.7. The predicted octanol–water partition coefficient (Wildman–Crippen LogP) is 7.63. The molecule has 1 saturated heterocycles. The Morgan fingerprint density at radius 3 is 2.53 bits per heavy atom. The zero-order valence-electron chi connectivity index (χ0n) is 15.9. The second-order valence-electron chi connectivity index (χ2n) is 6.71. The minimum atomic E-state index is -0.200. The van der Waals surface area contributed by atoms with Crippen LogP contribution in [-0.2, 0) is 4.79 Å². The maximum atomic E-state index is 12.4. The van der Waals surface area contributed by atoms with Crippen molar-refractivity contribution >= 4 is 78.1 Å². The Bertz CT molecular complexity index is 1210. The highest BCUT2D eigenvalue weighted by Crippen LogP contribution is 2.33. The number of hydrogen-bond donors (Lipinski definition) is 1. The quantitative estimate of drug-likeness (QED) is 0.332. The molecule has 3 aromatic rings. The van der Waals surface area contributed by atoms with Crippen LogP contribution in [0.2, 0.25) is 5.02 Å². The topological polar surface area (TPSA) is 54.6 Å². The van der Waals surface area contributed by atoms with E-state index in [1.807, 2.05) is 56.3 Å². The van der Waals surface area contributed by atoms with Gasteiger partial charge in [0.05, 0.1) is 15.6 Å². The van der Waals surface area contributed by atoms with Gasteiger partial charge in [-0.1, -0.05) is 33.6 Å². The van der Waals surface area contributed by atoms with Crippen LogP contribution in [0.4, 0.5) is 5.69 Å². The first-order valence-electron chi connectivity index (χ1n) is 8.92. The van der Waals surface area contributed by atoms with Crippen molar-refractivity contribution in [1.29, 1.82) is 0 Å². The molecule has 0 saturated carbocycles. The predicted molar refractivity (Wildman–Crippen MR) is 131 cm³/mol. The lowest BCUT2D eigenvalue weighted by Crippen LogP contribution is -2.19. The van der Waals surface area contributed by atoms with Crippen LogP contribution in [0.3, 0.4) is 0 Å². The normalized spacial score (nSPS) is 16.5. The number of aryl methyl sites for hydroxylation is 2. The van der Waals surface area contributed by atoms with E-state index in [0.29, 0.717) is 26.6 Å². The zero-order chi connectivity index (χ0) is 21.4. The molecule has 1 aliphatic heterocycles. The van der Waals surface area contributed by atoms with E-state index in [1.165, 1.54) is 11.8 Å². The SMILES string of the molecule is Cc1cc(N=C2NC(=O)/C(=C/c3ccc(-c4ccc(Br)c(Cl)c4)o3)S2)cc(C)c1Br. The summed E-state index contributed by atoms with van der Waals surface area (Å²) < 4.78 is 7.77. The molecule has 4 rings (SSSR count). The fraction of sp³-hybridized carbons (Fsp3) is 0.0909. The highest BCUT2D eigenvalue weighted by molar-refractivity contribution is 9.10. The Morgan fingerprint density at radius 1 is 1.10 bits per heavy atom. The summed E-state index contributed by atoms with van der Waals surface area (Å²) in [6, 6.07) is 13.2. The Hall–Kier alpha value is -1.80. The van der Waals surface area contributed by atoms with E-state index in [-0.39, 0.29) is 5.91 Å². The van der Waals surface area contributed by atoms with E-state index in [0.717, 1.165) is 31.3 Å². The number of thioether (sulfide) groups is 1. The van der Waals surface area contributed by atoms with Crippen LogP contribution in [-0.4, -0.2) is 11.1 Å². The lowest BCUT2D eigenvalue weighted by Gasteiger charge is -2.04. The first kappa shape index (κ1) is 21.4. The fourth-order valence-electron chi connectivity index (χ4n) is 2.95. The van der Waals surface area contributed by atoms with Crippen LogP contribution in [0.1, 0.15) is 16.9 Å². The van der Waals surface area contributed by atoms with Gasteiger partial charge < -0.3 is 9.73 Å². The summed E-state index contributed by atoms with van der Waals surface area (Å²) in [5.41, 5.74) is 3.84. The number of furan rings is 1. The number of rotatable bonds is 3. The van der Waals surface area contributed by atoms with Gasteiger partial charge in [-0.2, -0.15) is 0 Å². The third-order valence-corrected chi connectivity index (χ3v) is 7.80. The summed E-state index contributed by atoms with van der Waals surface area (Å²) in [4.78, 5) is 17.5. The molecule has 30 heavy (non-hydrogen) atoms. The van der Waals surface area contributed by atoms with Gasteiger partial charge in [-0.25, -0.2) is 4.99 Å². The van der Waals surface area contributed by atoms with E-state index in [9.17, 15) is 4.79 Å². The van der Waals surface area contributed by atoms with Crippen molar-refractivity contribution in [2.75, 3.05) is 0 Å². The van der Waals surface area contributed by atoms with Gasteiger partial charge in [0.2, 0.25) is 0 Å². The highest BCUT2D eigenvalue weighted by atomic mass is 79.9. The molecule has 1 fully saturated rings. The molecule has 0 atom stereocenters. The Balaban J connectivity index is 1.56. The average Bonchev–Trinajstić information content (AvgIpc) is 3.29. The number of nitrogens with zero attached hydrogens (tertiary/aromatic N) is 1. The second kappa shape index (κ2) is 8.75. The van der Waals surface area contributed by atoms with Crippen molar-refractivity contribution in [3.63, 3.8) is 0 Å². The molecule has 0 radical (unpaired) electrons. The van der Waals surface area contributed by atoms with Gasteiger partial charge >= 0.3 is 0 Å². The summed E-state index contributed by atoms with van der Waals surface area (Å²) in [7, 11) is 0. The lowest BCUT2D eigenvalue weighted by molar-refractivity contribution is -0.115. The van der Waals surface area contributed by atoms with Crippen LogP contribution < -0.4 is 5.32 Å². The van der Waals surface area contributed by atoms with Crippen LogP contribution in [0, 0.1) is 13.8 Å². The highest BCUT2D eigenvalue weighted by Gasteiger charge is 2.24. The van der Waals surface area contributed by atoms with E-state index in [1.54, 1.807) is 6.08 Å². The number of carbonyl (C=O) groups excluding carboxylic acids is 1. The molecule has 2 heterocycles. The molecule has 0 unspecified atom stereocenters. The van der Waals surface area contributed by atoms with Gasteiger partial charge in [0, 0.05) is 20.6 Å². The number of carbonyl (C=O) groups is 1. The smallest absolute Gasteiger partial charge is 0.264 e. The van der Waals surface area contributed by atoms with Crippen LogP contribution in [0.5, 0.6) is 0 Å². The number of nitrogens with one attached hydrogen (secondary N) is 1. The molecule has 1 aromatic heterocycles. The summed E-state index contributed by atoms with van der Waals surface area (Å²) in [6.45, 7) is 4.03. The van der Waals surface area contributed by atoms with E-state index in [4.69, 9.17) is 16.0 Å². The van der Waals surface area contributed by atoms with Crippen LogP contribution in [0.25, 0.3) is 17.4 Å². The van der Waals surface area contributed by atoms with Gasteiger partial charge in [0.15, 0.2) is 5.17 Å². The number of amidine groups is 1. The molecule has 8 heteroatoms. The molecule has 0 aliphatic carbocycles. The van der Waals surface area contributed by atoms with Crippen molar-refractivity contribution in [1.82, 2.24) is 5.32 Å². The molecule has 0 spiro atoms. The zero-order valence-corrected chi connectivity index (χ0v) is 20.7. The molecular formula is C22H15Br2ClN2O2S. The largest absolute Gasteiger partial charge is 0.457 e. The standard InChI is InChI=1S/C22H15Br2ClN2O2S/c1-11-7-14(8-12(2)20(11)24)26-22-27-21(28)19(30-22)10-15-4-6-18(29-15)13-3-5-16(23)17(25)9-13/h3-10H,1-2H3,(H,26,27,28)/b19-10-. The maximum Gasteiger partial charge on any atom is 0.264 e. The molecule has 1 N–H and O–H groups in total. The molecule has 0 bridgehead atoms. The fourth-order valence-corrected chi connectivity index (χ4v) is 4.43. The molecule has 152 valence electrons. The minimum absolute atomic E-state index is 0.200. The number of halogens is 3. The number of amides is 1. The van der Waals surface area contributed by atoms with Crippen LogP contribution >= 0.6 is 55.2 Å². The number of benzene rings is 2. The van der Waals surface area contributed by atoms with Crippen LogP contribution in [0.15, 0.2) is 65.7 Å².